The summed E-state index contributed by atoms with van der Waals surface area (Å²) in [4.78, 5) is 24.5. The number of β-amino-alcohol motifs (C(OH)–C–C–N with tert-alkyl or cyclic N) is 1. The molecule has 6 nitrogen and oxygen atoms in total. The van der Waals surface area contributed by atoms with E-state index in [2.05, 4.69) is 0 Å². The van der Waals surface area contributed by atoms with Crippen LogP contribution in [0.3, 0.4) is 0 Å². The summed E-state index contributed by atoms with van der Waals surface area (Å²) in [7, 11) is 1.42. The van der Waals surface area contributed by atoms with Gasteiger partial charge in [-0.1, -0.05) is 0 Å². The Bertz CT molecular complexity index is 303. The van der Waals surface area contributed by atoms with Crippen LogP contribution in [0.5, 0.6) is 0 Å². The van der Waals surface area contributed by atoms with Crippen LogP contribution in [-0.2, 0) is 14.3 Å². The highest BCUT2D eigenvalue weighted by atomic mass is 16.5. The van der Waals surface area contributed by atoms with Crippen LogP contribution in [0.4, 0.5) is 0 Å². The summed E-state index contributed by atoms with van der Waals surface area (Å²) < 4.78 is 5.05. The largest absolute Gasteiger partial charge is 0.391 e. The molecule has 2 amide bonds. The van der Waals surface area contributed by atoms with Gasteiger partial charge in [-0.15, -0.1) is 0 Å². The van der Waals surface area contributed by atoms with Gasteiger partial charge in [0.15, 0.2) is 0 Å². The van der Waals surface area contributed by atoms with Crippen molar-refractivity contribution in [3.05, 3.63) is 0 Å². The van der Waals surface area contributed by atoms with Gasteiger partial charge in [0.05, 0.1) is 6.10 Å². The normalized spacial score (nSPS) is 25.9. The number of carbonyl (C=O) groups is 2. The average molecular weight is 230 g/mol. The molecule has 0 aromatic carbocycles. The van der Waals surface area contributed by atoms with Crippen LogP contribution in [0.25, 0.3) is 0 Å². The van der Waals surface area contributed by atoms with Gasteiger partial charge in [0.2, 0.25) is 5.91 Å². The molecule has 16 heavy (non-hydrogen) atoms. The molecule has 0 radical (unpaired) electrons. The number of likely N-dealkylation sites (tertiary alicyclic amines) is 1. The predicted octanol–water partition coefficient (Wildman–Crippen LogP) is -1.14. The molecule has 0 saturated carbocycles. The summed E-state index contributed by atoms with van der Waals surface area (Å²) in [6, 6.07) is -0.739. The average Bonchev–Trinajstić information content (AvgIpc) is 2.59. The molecule has 1 fully saturated rings. The number of ether oxygens (including phenoxy) is 1. The highest BCUT2D eigenvalue weighted by molar-refractivity contribution is 5.91. The van der Waals surface area contributed by atoms with Crippen LogP contribution < -0.4 is 5.73 Å². The molecule has 0 aromatic rings. The number of aliphatic hydroxyl groups excluding tert-OH is 1. The number of carbonyl (C=O) groups excluding carboxylic acids is 2. The molecule has 6 heteroatoms. The van der Waals surface area contributed by atoms with Gasteiger partial charge in [0.25, 0.3) is 5.91 Å². The zero-order chi connectivity index (χ0) is 12.5. The van der Waals surface area contributed by atoms with Crippen molar-refractivity contribution in [2.45, 2.75) is 38.0 Å². The Morgan fingerprint density at radius 2 is 2.06 bits per heavy atom. The zero-order valence-corrected chi connectivity index (χ0v) is 9.77. The third kappa shape index (κ3) is 2.33. The first-order valence-electron chi connectivity index (χ1n) is 5.13. The fourth-order valence-electron chi connectivity index (χ4n) is 1.74. The van der Waals surface area contributed by atoms with E-state index in [-0.39, 0.29) is 18.9 Å². The SMILES string of the molecule is COC(C)(C)C(=O)N1CC(O)CC1C(N)=O. The molecule has 1 aliphatic heterocycles. The van der Waals surface area contributed by atoms with Crippen molar-refractivity contribution in [3.63, 3.8) is 0 Å². The summed E-state index contributed by atoms with van der Waals surface area (Å²) in [6.07, 6.45) is -0.505. The Labute approximate surface area is 94.3 Å². The molecule has 2 atom stereocenters. The second-order valence-corrected chi connectivity index (χ2v) is 4.48. The van der Waals surface area contributed by atoms with Gasteiger partial charge in [-0.05, 0) is 13.8 Å². The number of amides is 2. The van der Waals surface area contributed by atoms with Crippen molar-refractivity contribution < 1.29 is 19.4 Å². The van der Waals surface area contributed by atoms with E-state index < -0.39 is 23.7 Å². The van der Waals surface area contributed by atoms with Crippen molar-refractivity contribution in [1.82, 2.24) is 4.90 Å². The highest BCUT2D eigenvalue weighted by Gasteiger charge is 2.43. The molecular weight excluding hydrogens is 212 g/mol. The quantitative estimate of drug-likeness (QED) is 0.641. The van der Waals surface area contributed by atoms with Gasteiger partial charge in [-0.25, -0.2) is 0 Å². The van der Waals surface area contributed by atoms with E-state index in [0.29, 0.717) is 0 Å². The standard InChI is InChI=1S/C10H18N2O4/c1-10(2,16-3)9(15)12-5-6(13)4-7(12)8(11)14/h6-7,13H,4-5H2,1-3H3,(H2,11,14). The Hall–Kier alpha value is -1.14. The molecule has 1 heterocycles. The molecule has 3 N–H and O–H groups in total. The molecule has 92 valence electrons. The molecular formula is C10H18N2O4. The molecule has 0 aromatic heterocycles. The fourth-order valence-corrected chi connectivity index (χ4v) is 1.74. The van der Waals surface area contributed by atoms with Crippen molar-refractivity contribution in [2.75, 3.05) is 13.7 Å². The maximum absolute atomic E-state index is 12.0. The van der Waals surface area contributed by atoms with Crippen LogP contribution in [0.15, 0.2) is 0 Å². The molecule has 1 aliphatic rings. The minimum Gasteiger partial charge on any atom is -0.391 e. The monoisotopic (exact) mass is 230 g/mol. The maximum atomic E-state index is 12.0. The van der Waals surface area contributed by atoms with Crippen molar-refractivity contribution in [3.8, 4) is 0 Å². The molecule has 0 aliphatic carbocycles. The van der Waals surface area contributed by atoms with Crippen LogP contribution in [0.1, 0.15) is 20.3 Å². The first-order valence-corrected chi connectivity index (χ1v) is 5.13. The lowest BCUT2D eigenvalue weighted by atomic mass is 10.1. The van der Waals surface area contributed by atoms with E-state index in [1.54, 1.807) is 13.8 Å². The fraction of sp³-hybridized carbons (Fsp3) is 0.800. The van der Waals surface area contributed by atoms with Gasteiger partial charge in [0.1, 0.15) is 11.6 Å². The molecule has 2 unspecified atom stereocenters. The third-order valence-electron chi connectivity index (χ3n) is 2.89. The zero-order valence-electron chi connectivity index (χ0n) is 9.77. The van der Waals surface area contributed by atoms with Gasteiger partial charge < -0.3 is 20.5 Å². The van der Waals surface area contributed by atoms with E-state index >= 15 is 0 Å². The number of nitrogens with zero attached hydrogens (tertiary/aromatic N) is 1. The highest BCUT2D eigenvalue weighted by Crippen LogP contribution is 2.22. The summed E-state index contributed by atoms with van der Waals surface area (Å²) in [6.45, 7) is 3.34. The van der Waals surface area contributed by atoms with Crippen LogP contribution in [0.2, 0.25) is 0 Å². The van der Waals surface area contributed by atoms with Crippen molar-refractivity contribution in [2.24, 2.45) is 5.73 Å². The lowest BCUT2D eigenvalue weighted by Crippen LogP contribution is -2.52. The summed E-state index contributed by atoms with van der Waals surface area (Å²) in [5.41, 5.74) is 4.17. The lowest BCUT2D eigenvalue weighted by molar-refractivity contribution is -0.154. The van der Waals surface area contributed by atoms with Gasteiger partial charge >= 0.3 is 0 Å². The number of aliphatic hydroxyl groups is 1. The second-order valence-electron chi connectivity index (χ2n) is 4.48. The molecule has 1 rings (SSSR count). The number of primary amides is 1. The van der Waals surface area contributed by atoms with Crippen LogP contribution in [0, 0.1) is 0 Å². The molecule has 0 spiro atoms. The summed E-state index contributed by atoms with van der Waals surface area (Å²) >= 11 is 0. The van der Waals surface area contributed by atoms with E-state index in [0.717, 1.165) is 0 Å². The maximum Gasteiger partial charge on any atom is 0.254 e. The summed E-state index contributed by atoms with van der Waals surface area (Å²) in [5, 5.41) is 9.46. The molecule has 1 saturated heterocycles. The number of rotatable bonds is 3. The van der Waals surface area contributed by atoms with E-state index in [9.17, 15) is 14.7 Å². The van der Waals surface area contributed by atoms with Crippen LogP contribution in [-0.4, -0.2) is 53.2 Å². The first kappa shape index (κ1) is 12.9. The van der Waals surface area contributed by atoms with E-state index in [1.165, 1.54) is 12.0 Å². The number of hydrogen-bond acceptors (Lipinski definition) is 4. The first-order chi connectivity index (χ1) is 7.29. The number of nitrogens with two attached hydrogens (primary N) is 1. The minimum atomic E-state index is -1.02. The topological polar surface area (TPSA) is 92.9 Å². The van der Waals surface area contributed by atoms with Gasteiger partial charge in [-0.2, -0.15) is 0 Å². The predicted molar refractivity (Wildman–Crippen MR) is 56.4 cm³/mol. The van der Waals surface area contributed by atoms with Gasteiger partial charge in [-0.3, -0.25) is 9.59 Å². The minimum absolute atomic E-state index is 0.124. The van der Waals surface area contributed by atoms with Crippen molar-refractivity contribution in [1.29, 1.82) is 0 Å². The van der Waals surface area contributed by atoms with Gasteiger partial charge in [0, 0.05) is 20.1 Å². The molecule has 0 bridgehead atoms. The lowest BCUT2D eigenvalue weighted by Gasteiger charge is -2.30. The Morgan fingerprint density at radius 1 is 1.50 bits per heavy atom. The van der Waals surface area contributed by atoms with E-state index in [4.69, 9.17) is 10.5 Å². The summed E-state index contributed by atoms with van der Waals surface area (Å²) in [5.74, 6) is -0.938. The smallest absolute Gasteiger partial charge is 0.254 e. The number of methoxy groups -OCH3 is 1. The number of hydrogen-bond donors (Lipinski definition) is 2. The van der Waals surface area contributed by atoms with Crippen LogP contribution >= 0.6 is 0 Å². The van der Waals surface area contributed by atoms with Crippen molar-refractivity contribution >= 4 is 11.8 Å². The third-order valence-corrected chi connectivity index (χ3v) is 2.89. The Morgan fingerprint density at radius 3 is 2.50 bits per heavy atom. The Kier molecular flexibility index (Phi) is 3.54. The van der Waals surface area contributed by atoms with E-state index in [1.807, 2.05) is 0 Å². The Balaban J connectivity index is 2.86. The second kappa shape index (κ2) is 4.39.